The molecule has 0 spiro atoms. The van der Waals surface area contributed by atoms with Crippen LogP contribution < -0.4 is 43.8 Å². The topological polar surface area (TPSA) is 188 Å². The van der Waals surface area contributed by atoms with E-state index < -0.39 is 34.1 Å². The first-order valence-corrected chi connectivity index (χ1v) is 19.8. The number of nitrogens with zero attached hydrogens (tertiary/aromatic N) is 8. The molecule has 15 nitrogen and oxygen atoms in total. The van der Waals surface area contributed by atoms with Crippen molar-refractivity contribution >= 4 is 56.9 Å². The number of hydrogen-bond acceptors (Lipinski definition) is 8. The summed E-state index contributed by atoms with van der Waals surface area (Å²) in [4.78, 5) is 55.1. The molecule has 0 bridgehead atoms. The van der Waals surface area contributed by atoms with Gasteiger partial charge in [-0.1, -0.05) is 23.2 Å². The third kappa shape index (κ3) is 8.21. The molecule has 59 heavy (non-hydrogen) atoms. The normalized spacial score (nSPS) is 17.0. The number of halogens is 4. The molecule has 0 radical (unpaired) electrons. The Morgan fingerprint density at radius 3 is 1.34 bits per heavy atom. The third-order valence-corrected chi connectivity index (χ3v) is 12.0. The van der Waals surface area contributed by atoms with Gasteiger partial charge in [0.05, 0.1) is 24.1 Å². The zero-order valence-corrected chi connectivity index (χ0v) is 34.7. The van der Waals surface area contributed by atoms with E-state index in [1.807, 2.05) is 21.3 Å². The number of nitrogens with two attached hydrogens (primary N) is 2. The van der Waals surface area contributed by atoms with Gasteiger partial charge < -0.3 is 35.9 Å². The van der Waals surface area contributed by atoms with E-state index in [-0.39, 0.29) is 30.6 Å². The van der Waals surface area contributed by atoms with E-state index in [1.54, 1.807) is 14.1 Å². The average Bonchev–Trinajstić information content (AvgIpc) is 3.77. The molecule has 0 unspecified atom stereocenters. The molecular weight excluding hydrogens is 809 g/mol. The summed E-state index contributed by atoms with van der Waals surface area (Å²) in [6.07, 6.45) is 3.74. The van der Waals surface area contributed by atoms with Crippen LogP contribution in [0.4, 0.5) is 20.4 Å². The summed E-state index contributed by atoms with van der Waals surface area (Å²) in [6, 6.07) is 12.1. The van der Waals surface area contributed by atoms with Gasteiger partial charge in [0.2, 0.25) is 0 Å². The fourth-order valence-electron chi connectivity index (χ4n) is 8.10. The van der Waals surface area contributed by atoms with Crippen molar-refractivity contribution in [3.8, 4) is 0 Å². The van der Waals surface area contributed by atoms with Crippen LogP contribution in [0.5, 0.6) is 0 Å². The lowest BCUT2D eigenvalue weighted by molar-refractivity contribution is 0.498. The molecule has 0 saturated carbocycles. The van der Waals surface area contributed by atoms with Crippen LogP contribution in [0.25, 0.3) is 22.1 Å². The summed E-state index contributed by atoms with van der Waals surface area (Å²) >= 11 is 12.6. The smallest absolute Gasteiger partial charge is 0.331 e. The monoisotopic (exact) mass is 856 g/mol. The summed E-state index contributed by atoms with van der Waals surface area (Å²) in [5, 5.41) is 0.826. The molecule has 6 N–H and O–H groups in total. The van der Waals surface area contributed by atoms with E-state index in [0.717, 1.165) is 59.5 Å². The highest BCUT2D eigenvalue weighted by molar-refractivity contribution is 6.31. The van der Waals surface area contributed by atoms with Crippen LogP contribution in [-0.4, -0.2) is 71.1 Å². The minimum Gasteiger partial charge on any atom is -0.412 e. The van der Waals surface area contributed by atoms with Crippen LogP contribution in [0.2, 0.25) is 10.0 Å². The van der Waals surface area contributed by atoms with Gasteiger partial charge in [-0.05, 0) is 73.2 Å². The van der Waals surface area contributed by atoms with Crippen molar-refractivity contribution in [2.24, 2.45) is 39.7 Å². The molecule has 2 aliphatic heterocycles. The third-order valence-electron chi connectivity index (χ3n) is 11.2. The Morgan fingerprint density at radius 1 is 0.610 bits per heavy atom. The average molecular weight is 858 g/mol. The number of fused-ring (bicyclic) bond motifs is 2. The second-order valence-electron chi connectivity index (χ2n) is 15.2. The number of aryl methyl sites for hydroxylation is 2. The minimum absolute atomic E-state index is 0. The van der Waals surface area contributed by atoms with Crippen molar-refractivity contribution < 1.29 is 14.3 Å². The lowest BCUT2D eigenvalue weighted by Gasteiger charge is -2.33. The zero-order valence-electron chi connectivity index (χ0n) is 33.2. The Kier molecular flexibility index (Phi) is 12.6. The maximum Gasteiger partial charge on any atom is 0.331 e. The number of anilines is 2. The Hall–Kier alpha value is -5.20. The molecule has 6 heterocycles. The predicted octanol–water partition coefficient (Wildman–Crippen LogP) is 2.79. The van der Waals surface area contributed by atoms with Gasteiger partial charge in [0.1, 0.15) is 34.3 Å². The zero-order chi connectivity index (χ0) is 41.7. The first kappa shape index (κ1) is 43.4. The van der Waals surface area contributed by atoms with Gasteiger partial charge in [-0.15, -0.1) is 0 Å². The number of hydrogen-bond donors (Lipinski definition) is 2. The van der Waals surface area contributed by atoms with E-state index in [0.29, 0.717) is 56.3 Å². The largest absolute Gasteiger partial charge is 0.412 e. The van der Waals surface area contributed by atoms with Gasteiger partial charge in [-0.25, -0.2) is 18.4 Å². The Labute approximate surface area is 347 Å². The molecule has 2 aromatic carbocycles. The summed E-state index contributed by atoms with van der Waals surface area (Å²) in [6.45, 7) is 3.26. The van der Waals surface area contributed by atoms with Crippen LogP contribution >= 0.6 is 23.2 Å². The van der Waals surface area contributed by atoms with Crippen molar-refractivity contribution in [1.82, 2.24) is 27.4 Å². The van der Waals surface area contributed by atoms with Gasteiger partial charge in [0.25, 0.3) is 11.1 Å². The summed E-state index contributed by atoms with van der Waals surface area (Å²) in [5.41, 5.74) is 13.7. The Bertz CT molecular complexity index is 2620. The molecule has 0 aliphatic carbocycles. The maximum absolute atomic E-state index is 13.9. The van der Waals surface area contributed by atoms with Crippen LogP contribution in [0, 0.1) is 11.6 Å². The van der Waals surface area contributed by atoms with E-state index in [9.17, 15) is 28.0 Å². The number of rotatable bonds is 6. The van der Waals surface area contributed by atoms with Crippen LogP contribution in [0.1, 0.15) is 36.8 Å². The van der Waals surface area contributed by atoms with E-state index >= 15 is 0 Å². The molecule has 4 aromatic heterocycles. The van der Waals surface area contributed by atoms with Gasteiger partial charge in [0, 0.05) is 88.6 Å². The molecule has 6 aromatic rings. The lowest BCUT2D eigenvalue weighted by Crippen LogP contribution is -2.43. The summed E-state index contributed by atoms with van der Waals surface area (Å²) in [5.74, 6) is 0.743. The highest BCUT2D eigenvalue weighted by Gasteiger charge is 2.27. The predicted molar refractivity (Wildman–Crippen MR) is 228 cm³/mol. The fourth-order valence-corrected chi connectivity index (χ4v) is 8.46. The van der Waals surface area contributed by atoms with Gasteiger partial charge in [-0.3, -0.25) is 27.9 Å². The SMILES string of the molecule is Cn1c(=O)c2c(cc(N3CCC[C@@H](N)C3)n2Cc2cc(F)ccc2Cl)n(C)c1=O.Cn1c(=O)c2c(cc(N3CCC[C@@H](N)C3)n2Cc2cc(F)ccc2Cl)n(C)c1=O.O. The Morgan fingerprint density at radius 2 is 0.983 bits per heavy atom. The minimum atomic E-state index is -0.400. The van der Waals surface area contributed by atoms with Crippen molar-refractivity contribution in [3.63, 3.8) is 0 Å². The number of aromatic nitrogens is 6. The van der Waals surface area contributed by atoms with Gasteiger partial charge in [-0.2, -0.15) is 0 Å². The van der Waals surface area contributed by atoms with Crippen LogP contribution in [0.3, 0.4) is 0 Å². The van der Waals surface area contributed by atoms with E-state index in [1.165, 1.54) is 59.6 Å². The maximum atomic E-state index is 13.9. The standard InChI is InChI=1S/2C20H23ClFN5O2.H2O/c2*1-24-16-9-17(26-7-3-4-14(23)11-26)27(18(16)19(28)25(2)20(24)29)10-12-8-13(22)5-6-15(12)21;/h2*5-6,8-9,14H,3-4,7,10-11,23H2,1-2H3;1H2/t2*14-;/m11./s1. The second kappa shape index (κ2) is 17.2. The first-order chi connectivity index (χ1) is 27.5. The Balaban J connectivity index is 0.000000195. The fraction of sp³-hybridized carbons (Fsp3) is 0.400. The molecule has 2 fully saturated rings. The highest BCUT2D eigenvalue weighted by atomic mass is 35.5. The van der Waals surface area contributed by atoms with Crippen molar-refractivity contribution in [3.05, 3.63) is 123 Å². The molecule has 0 amide bonds. The number of piperidine rings is 2. The highest BCUT2D eigenvalue weighted by Crippen LogP contribution is 2.31. The molecule has 2 saturated heterocycles. The van der Waals surface area contributed by atoms with E-state index in [4.69, 9.17) is 34.7 Å². The number of benzene rings is 2. The van der Waals surface area contributed by atoms with Crippen molar-refractivity contribution in [2.75, 3.05) is 36.0 Å². The molecule has 2 aliphatic rings. The second-order valence-corrected chi connectivity index (χ2v) is 16.0. The summed E-state index contributed by atoms with van der Waals surface area (Å²) < 4.78 is 36.4. The first-order valence-electron chi connectivity index (χ1n) is 19.0. The molecule has 8 rings (SSSR count). The molecular formula is C40H48Cl2F2N10O5. The van der Waals surface area contributed by atoms with Crippen LogP contribution in [0.15, 0.2) is 67.7 Å². The van der Waals surface area contributed by atoms with Gasteiger partial charge >= 0.3 is 11.4 Å². The molecule has 19 heteroatoms. The summed E-state index contributed by atoms with van der Waals surface area (Å²) in [7, 11) is 6.17. The molecule has 2 atom stereocenters. The molecule has 316 valence electrons. The van der Waals surface area contributed by atoms with Crippen molar-refractivity contribution in [2.45, 2.75) is 50.9 Å². The van der Waals surface area contributed by atoms with Crippen molar-refractivity contribution in [1.29, 1.82) is 0 Å². The van der Waals surface area contributed by atoms with Gasteiger partial charge in [0.15, 0.2) is 0 Å². The lowest BCUT2D eigenvalue weighted by atomic mass is 10.1. The quantitative estimate of drug-likeness (QED) is 0.256. The van der Waals surface area contributed by atoms with Crippen LogP contribution in [-0.2, 0) is 41.3 Å². The van der Waals surface area contributed by atoms with E-state index in [2.05, 4.69) is 9.80 Å².